The van der Waals surface area contributed by atoms with E-state index in [-0.39, 0.29) is 0 Å². The molecule has 66 valence electrons. The normalized spacial score (nSPS) is 15.9. The fourth-order valence-corrected chi connectivity index (χ4v) is 1.60. The number of fused-ring (bicyclic) bond motifs is 1. The molecule has 1 aliphatic rings. The Morgan fingerprint density at radius 2 is 2.42 bits per heavy atom. The summed E-state index contributed by atoms with van der Waals surface area (Å²) >= 11 is 0. The third kappa shape index (κ3) is 1.09. The highest BCUT2D eigenvalue weighted by atomic mass is 16.5. The van der Waals surface area contributed by atoms with Crippen molar-refractivity contribution in [1.29, 1.82) is 0 Å². The van der Waals surface area contributed by atoms with Gasteiger partial charge in [-0.05, 0) is 26.7 Å². The monoisotopic (exact) mass is 166 g/mol. The number of nitrogens with zero attached hydrogens (tertiary/aromatic N) is 2. The fraction of sp³-hybridized carbons (Fsp3) is 0.667. The first-order valence-electron chi connectivity index (χ1n) is 4.48. The maximum atomic E-state index is 5.47. The molecule has 1 aromatic heterocycles. The quantitative estimate of drug-likeness (QED) is 0.636. The molecule has 0 amide bonds. The molecule has 0 aliphatic carbocycles. The summed E-state index contributed by atoms with van der Waals surface area (Å²) in [4.78, 5) is 0. The molecule has 1 aliphatic heterocycles. The molecule has 3 nitrogen and oxygen atoms in total. The van der Waals surface area contributed by atoms with Crippen molar-refractivity contribution in [3.8, 4) is 5.75 Å². The van der Waals surface area contributed by atoms with E-state index < -0.39 is 0 Å². The van der Waals surface area contributed by atoms with Gasteiger partial charge in [-0.25, -0.2) is 0 Å². The Kier molecular flexibility index (Phi) is 1.79. The number of ether oxygens (including phenoxy) is 1. The van der Waals surface area contributed by atoms with Crippen LogP contribution in [0.1, 0.15) is 32.0 Å². The molecule has 0 radical (unpaired) electrons. The Hall–Kier alpha value is -0.990. The third-order valence-corrected chi connectivity index (χ3v) is 2.16. The van der Waals surface area contributed by atoms with E-state index >= 15 is 0 Å². The molecular formula is C9H14N2O. The van der Waals surface area contributed by atoms with Crippen molar-refractivity contribution < 1.29 is 4.74 Å². The zero-order valence-corrected chi connectivity index (χ0v) is 7.58. The lowest BCUT2D eigenvalue weighted by Crippen LogP contribution is -2.13. The summed E-state index contributed by atoms with van der Waals surface area (Å²) in [5, 5.41) is 4.29. The van der Waals surface area contributed by atoms with Gasteiger partial charge in [0.1, 0.15) is 0 Å². The largest absolute Gasteiger partial charge is 0.490 e. The second-order valence-electron chi connectivity index (χ2n) is 3.45. The molecule has 1 aromatic rings. The standard InChI is InChI=1S/C9H14N2O/c1-7(2)11-8-4-3-5-12-9(8)6-10-11/h6-7H,3-5H2,1-2H3. The van der Waals surface area contributed by atoms with Gasteiger partial charge in [0.15, 0.2) is 5.75 Å². The summed E-state index contributed by atoms with van der Waals surface area (Å²) in [6, 6.07) is 0.440. The first-order valence-corrected chi connectivity index (χ1v) is 4.48. The molecule has 0 N–H and O–H groups in total. The lowest BCUT2D eigenvalue weighted by atomic mass is 10.2. The molecule has 0 saturated carbocycles. The van der Waals surface area contributed by atoms with Gasteiger partial charge in [0, 0.05) is 6.04 Å². The summed E-state index contributed by atoms with van der Waals surface area (Å²) in [6.45, 7) is 5.13. The number of rotatable bonds is 1. The minimum absolute atomic E-state index is 0.440. The van der Waals surface area contributed by atoms with Crippen LogP contribution in [0, 0.1) is 0 Å². The van der Waals surface area contributed by atoms with Crippen LogP contribution in [-0.2, 0) is 6.42 Å². The zero-order valence-electron chi connectivity index (χ0n) is 7.58. The molecule has 2 rings (SSSR count). The zero-order chi connectivity index (χ0) is 8.55. The highest BCUT2D eigenvalue weighted by molar-refractivity contribution is 5.27. The van der Waals surface area contributed by atoms with Crippen molar-refractivity contribution in [3.05, 3.63) is 11.9 Å². The summed E-state index contributed by atoms with van der Waals surface area (Å²) in [7, 11) is 0. The molecular weight excluding hydrogens is 152 g/mol. The van der Waals surface area contributed by atoms with E-state index in [1.165, 1.54) is 5.69 Å². The molecule has 0 spiro atoms. The van der Waals surface area contributed by atoms with E-state index in [1.54, 1.807) is 0 Å². The number of hydrogen-bond donors (Lipinski definition) is 0. The smallest absolute Gasteiger partial charge is 0.160 e. The Balaban J connectivity index is 2.38. The van der Waals surface area contributed by atoms with Gasteiger partial charge in [0.2, 0.25) is 0 Å². The average Bonchev–Trinajstić information content (AvgIpc) is 2.47. The minimum atomic E-state index is 0.440. The van der Waals surface area contributed by atoms with Crippen LogP contribution in [0.3, 0.4) is 0 Å². The molecule has 12 heavy (non-hydrogen) atoms. The SMILES string of the molecule is CC(C)n1ncc2c1CCCO2. The summed E-state index contributed by atoms with van der Waals surface area (Å²) < 4.78 is 7.52. The van der Waals surface area contributed by atoms with Crippen molar-refractivity contribution in [2.75, 3.05) is 6.61 Å². The maximum absolute atomic E-state index is 5.47. The Morgan fingerprint density at radius 3 is 3.17 bits per heavy atom. The second-order valence-corrected chi connectivity index (χ2v) is 3.45. The Labute approximate surface area is 72.3 Å². The van der Waals surface area contributed by atoms with E-state index in [0.29, 0.717) is 6.04 Å². The van der Waals surface area contributed by atoms with Crippen LogP contribution in [0.2, 0.25) is 0 Å². The van der Waals surface area contributed by atoms with Gasteiger partial charge in [0.25, 0.3) is 0 Å². The fourth-order valence-electron chi connectivity index (χ4n) is 1.60. The second kappa shape index (κ2) is 2.81. The first kappa shape index (κ1) is 7.65. The van der Waals surface area contributed by atoms with Gasteiger partial charge < -0.3 is 4.74 Å². The van der Waals surface area contributed by atoms with Gasteiger partial charge in [0.05, 0.1) is 18.5 Å². The van der Waals surface area contributed by atoms with Gasteiger partial charge in [-0.1, -0.05) is 0 Å². The van der Waals surface area contributed by atoms with E-state index in [9.17, 15) is 0 Å². The van der Waals surface area contributed by atoms with Gasteiger partial charge in [-0.15, -0.1) is 0 Å². The van der Waals surface area contributed by atoms with Crippen LogP contribution in [0.25, 0.3) is 0 Å². The molecule has 0 saturated heterocycles. The summed E-state index contributed by atoms with van der Waals surface area (Å²) in [6.07, 6.45) is 4.05. The highest BCUT2D eigenvalue weighted by Crippen LogP contribution is 2.25. The predicted molar refractivity (Wildman–Crippen MR) is 46.4 cm³/mol. The van der Waals surface area contributed by atoms with Crippen LogP contribution in [-0.4, -0.2) is 16.4 Å². The summed E-state index contributed by atoms with van der Waals surface area (Å²) in [5.41, 5.74) is 1.26. The minimum Gasteiger partial charge on any atom is -0.490 e. The molecule has 0 fully saturated rings. The van der Waals surface area contributed by atoms with Crippen LogP contribution in [0.5, 0.6) is 5.75 Å². The predicted octanol–water partition coefficient (Wildman–Crippen LogP) is 1.79. The van der Waals surface area contributed by atoms with E-state index in [2.05, 4.69) is 23.6 Å². The molecule has 0 unspecified atom stereocenters. The van der Waals surface area contributed by atoms with Crippen molar-refractivity contribution in [3.63, 3.8) is 0 Å². The van der Waals surface area contributed by atoms with Crippen molar-refractivity contribution in [2.45, 2.75) is 32.7 Å². The van der Waals surface area contributed by atoms with Crippen LogP contribution >= 0.6 is 0 Å². The van der Waals surface area contributed by atoms with Crippen molar-refractivity contribution in [1.82, 2.24) is 9.78 Å². The van der Waals surface area contributed by atoms with E-state index in [4.69, 9.17) is 4.74 Å². The molecule has 0 atom stereocenters. The number of hydrogen-bond acceptors (Lipinski definition) is 2. The number of aromatic nitrogens is 2. The van der Waals surface area contributed by atoms with Gasteiger partial charge in [-0.2, -0.15) is 5.10 Å². The molecule has 0 aromatic carbocycles. The molecule has 0 bridgehead atoms. The lowest BCUT2D eigenvalue weighted by molar-refractivity contribution is 0.282. The highest BCUT2D eigenvalue weighted by Gasteiger charge is 2.17. The molecule has 3 heteroatoms. The Morgan fingerprint density at radius 1 is 1.58 bits per heavy atom. The van der Waals surface area contributed by atoms with E-state index in [0.717, 1.165) is 25.2 Å². The van der Waals surface area contributed by atoms with Gasteiger partial charge in [-0.3, -0.25) is 4.68 Å². The molecule has 2 heterocycles. The summed E-state index contributed by atoms with van der Waals surface area (Å²) in [5.74, 6) is 0.981. The van der Waals surface area contributed by atoms with Crippen LogP contribution in [0.15, 0.2) is 6.20 Å². The lowest BCUT2D eigenvalue weighted by Gasteiger charge is -2.16. The Bertz CT molecular complexity index is 278. The van der Waals surface area contributed by atoms with Crippen molar-refractivity contribution in [2.24, 2.45) is 0 Å². The van der Waals surface area contributed by atoms with E-state index in [1.807, 2.05) is 6.20 Å². The third-order valence-electron chi connectivity index (χ3n) is 2.16. The van der Waals surface area contributed by atoms with Crippen molar-refractivity contribution >= 4 is 0 Å². The average molecular weight is 166 g/mol. The van der Waals surface area contributed by atoms with Gasteiger partial charge >= 0.3 is 0 Å². The van der Waals surface area contributed by atoms with Crippen LogP contribution < -0.4 is 4.74 Å². The maximum Gasteiger partial charge on any atom is 0.160 e. The topological polar surface area (TPSA) is 27.1 Å². The first-order chi connectivity index (χ1) is 5.79. The van der Waals surface area contributed by atoms with Crippen LogP contribution in [0.4, 0.5) is 0 Å².